The van der Waals surface area contributed by atoms with Crippen LogP contribution in [0.1, 0.15) is 23.8 Å². The van der Waals surface area contributed by atoms with E-state index in [4.69, 9.17) is 9.26 Å². The first-order valence-corrected chi connectivity index (χ1v) is 8.20. The molecule has 0 spiro atoms. The molecule has 1 atom stereocenters. The van der Waals surface area contributed by atoms with E-state index in [1.54, 1.807) is 0 Å². The van der Waals surface area contributed by atoms with Gasteiger partial charge in [-0.2, -0.15) is 4.98 Å². The monoisotopic (exact) mass is 357 g/mol. The van der Waals surface area contributed by atoms with Crippen LogP contribution >= 0.6 is 12.4 Å². The molecule has 0 saturated carbocycles. The lowest BCUT2D eigenvalue weighted by Crippen LogP contribution is -2.08. The molecule has 2 heterocycles. The van der Waals surface area contributed by atoms with Crippen LogP contribution in [0, 0.1) is 0 Å². The summed E-state index contributed by atoms with van der Waals surface area (Å²) in [5.41, 5.74) is 2.06. The molecule has 0 bridgehead atoms. The Balaban J connectivity index is 0.00000182. The number of para-hydroxylation sites is 1. The van der Waals surface area contributed by atoms with Gasteiger partial charge >= 0.3 is 0 Å². The second-order valence-electron chi connectivity index (χ2n) is 5.94. The van der Waals surface area contributed by atoms with Gasteiger partial charge in [-0.1, -0.05) is 47.6 Å². The van der Waals surface area contributed by atoms with Crippen molar-refractivity contribution in [2.75, 3.05) is 13.1 Å². The summed E-state index contributed by atoms with van der Waals surface area (Å²) < 4.78 is 11.2. The van der Waals surface area contributed by atoms with Gasteiger partial charge in [0.2, 0.25) is 11.7 Å². The summed E-state index contributed by atoms with van der Waals surface area (Å²) in [5, 5.41) is 7.42. The fourth-order valence-electron chi connectivity index (χ4n) is 2.82. The maximum Gasteiger partial charge on any atom is 0.231 e. The highest BCUT2D eigenvalue weighted by atomic mass is 35.5. The zero-order valence-electron chi connectivity index (χ0n) is 13.7. The highest BCUT2D eigenvalue weighted by molar-refractivity contribution is 5.85. The Hall–Kier alpha value is -2.37. The van der Waals surface area contributed by atoms with E-state index >= 15 is 0 Å². The van der Waals surface area contributed by atoms with Crippen LogP contribution in [-0.4, -0.2) is 23.2 Å². The number of aromatic nitrogens is 2. The molecular formula is C19H20ClN3O2. The number of ether oxygens (including phenoxy) is 1. The van der Waals surface area contributed by atoms with Crippen molar-refractivity contribution in [3.63, 3.8) is 0 Å². The highest BCUT2D eigenvalue weighted by Gasteiger charge is 2.22. The lowest BCUT2D eigenvalue weighted by atomic mass is 10.1. The third-order valence-electron chi connectivity index (χ3n) is 4.21. The van der Waals surface area contributed by atoms with Crippen LogP contribution in [0.15, 0.2) is 59.1 Å². The van der Waals surface area contributed by atoms with Gasteiger partial charge in [-0.05, 0) is 30.7 Å². The summed E-state index contributed by atoms with van der Waals surface area (Å²) in [5.74, 6) is 2.58. The van der Waals surface area contributed by atoms with Crippen LogP contribution in [0.25, 0.3) is 11.4 Å². The molecule has 0 radical (unpaired) electrons. The molecule has 0 aliphatic carbocycles. The van der Waals surface area contributed by atoms with Crippen LogP contribution in [0.5, 0.6) is 5.75 Å². The predicted molar refractivity (Wildman–Crippen MR) is 98.0 cm³/mol. The van der Waals surface area contributed by atoms with Crippen molar-refractivity contribution >= 4 is 12.4 Å². The Morgan fingerprint density at radius 3 is 2.60 bits per heavy atom. The van der Waals surface area contributed by atoms with E-state index in [1.165, 1.54) is 0 Å². The minimum atomic E-state index is 0. The predicted octanol–water partition coefficient (Wildman–Crippen LogP) is 3.81. The summed E-state index contributed by atoms with van der Waals surface area (Å²) in [4.78, 5) is 4.54. The van der Waals surface area contributed by atoms with Crippen molar-refractivity contribution in [3.8, 4) is 17.1 Å². The van der Waals surface area contributed by atoms with Crippen LogP contribution in [0.3, 0.4) is 0 Å². The van der Waals surface area contributed by atoms with Gasteiger partial charge in [-0.25, -0.2) is 0 Å². The van der Waals surface area contributed by atoms with Gasteiger partial charge in [0.25, 0.3) is 0 Å². The molecule has 1 aromatic heterocycles. The zero-order valence-corrected chi connectivity index (χ0v) is 14.5. The third kappa shape index (κ3) is 4.18. The number of hydrogen-bond donors (Lipinski definition) is 1. The average molecular weight is 358 g/mol. The van der Waals surface area contributed by atoms with Gasteiger partial charge in [0.15, 0.2) is 0 Å². The molecule has 0 unspecified atom stereocenters. The van der Waals surface area contributed by atoms with Crippen molar-refractivity contribution < 1.29 is 9.26 Å². The maximum absolute atomic E-state index is 5.75. The number of halogens is 1. The Bertz CT molecular complexity index is 784. The SMILES string of the molecule is Cl.c1ccc(OCc2ccc(-c3noc([C@@H]4CCNC4)n3)cc2)cc1. The van der Waals surface area contributed by atoms with Crippen LogP contribution in [0.4, 0.5) is 0 Å². The van der Waals surface area contributed by atoms with E-state index in [0.717, 1.165) is 42.3 Å². The first-order valence-electron chi connectivity index (χ1n) is 8.20. The molecule has 1 aliphatic rings. The van der Waals surface area contributed by atoms with E-state index in [9.17, 15) is 0 Å². The van der Waals surface area contributed by atoms with E-state index in [1.807, 2.05) is 54.6 Å². The normalized spacial score (nSPS) is 16.4. The van der Waals surface area contributed by atoms with E-state index < -0.39 is 0 Å². The van der Waals surface area contributed by atoms with Crippen LogP contribution < -0.4 is 10.1 Å². The molecule has 1 fully saturated rings. The van der Waals surface area contributed by atoms with Gasteiger partial charge in [-0.15, -0.1) is 12.4 Å². The van der Waals surface area contributed by atoms with E-state index in [0.29, 0.717) is 18.3 Å². The lowest BCUT2D eigenvalue weighted by Gasteiger charge is -2.06. The standard InChI is InChI=1S/C19H19N3O2.ClH/c1-2-4-17(5-3-1)23-13-14-6-8-15(9-7-14)18-21-19(24-22-18)16-10-11-20-12-16;/h1-9,16,20H,10-13H2;1H/t16-;/m1./s1. The van der Waals surface area contributed by atoms with Gasteiger partial charge in [0.1, 0.15) is 12.4 Å². The number of benzene rings is 2. The molecule has 25 heavy (non-hydrogen) atoms. The van der Waals surface area contributed by atoms with Gasteiger partial charge < -0.3 is 14.6 Å². The second kappa shape index (κ2) is 8.14. The molecule has 2 aromatic carbocycles. The fourth-order valence-corrected chi connectivity index (χ4v) is 2.82. The van der Waals surface area contributed by atoms with Crippen molar-refractivity contribution in [3.05, 3.63) is 66.1 Å². The summed E-state index contributed by atoms with van der Waals surface area (Å²) >= 11 is 0. The minimum Gasteiger partial charge on any atom is -0.489 e. The highest BCUT2D eigenvalue weighted by Crippen LogP contribution is 2.24. The molecule has 1 N–H and O–H groups in total. The molecule has 4 rings (SSSR count). The molecule has 1 aliphatic heterocycles. The quantitative estimate of drug-likeness (QED) is 0.752. The van der Waals surface area contributed by atoms with Crippen LogP contribution in [0.2, 0.25) is 0 Å². The maximum atomic E-state index is 5.75. The molecular weight excluding hydrogens is 338 g/mol. The first kappa shape index (κ1) is 17.5. The minimum absolute atomic E-state index is 0. The van der Waals surface area contributed by atoms with Crippen molar-refractivity contribution in [2.24, 2.45) is 0 Å². The Morgan fingerprint density at radius 2 is 1.88 bits per heavy atom. The molecule has 5 nitrogen and oxygen atoms in total. The molecule has 1 saturated heterocycles. The smallest absolute Gasteiger partial charge is 0.231 e. The lowest BCUT2D eigenvalue weighted by molar-refractivity contribution is 0.306. The summed E-state index contributed by atoms with van der Waals surface area (Å²) in [6.45, 7) is 2.46. The topological polar surface area (TPSA) is 60.2 Å². The van der Waals surface area contributed by atoms with Crippen molar-refractivity contribution in [2.45, 2.75) is 18.9 Å². The average Bonchev–Trinajstić information content (AvgIpc) is 3.33. The van der Waals surface area contributed by atoms with E-state index in [-0.39, 0.29) is 12.4 Å². The molecule has 0 amide bonds. The number of hydrogen-bond acceptors (Lipinski definition) is 5. The van der Waals surface area contributed by atoms with Crippen LogP contribution in [-0.2, 0) is 6.61 Å². The largest absolute Gasteiger partial charge is 0.489 e. The summed E-state index contributed by atoms with van der Waals surface area (Å²) in [7, 11) is 0. The summed E-state index contributed by atoms with van der Waals surface area (Å²) in [6, 6.07) is 17.9. The number of nitrogens with one attached hydrogen (secondary N) is 1. The number of rotatable bonds is 5. The van der Waals surface area contributed by atoms with Crippen molar-refractivity contribution in [1.29, 1.82) is 0 Å². The number of nitrogens with zero attached hydrogens (tertiary/aromatic N) is 2. The zero-order chi connectivity index (χ0) is 16.2. The first-order chi connectivity index (χ1) is 11.9. The Morgan fingerprint density at radius 1 is 1.08 bits per heavy atom. The molecule has 130 valence electrons. The Labute approximate surface area is 152 Å². The Kier molecular flexibility index (Phi) is 5.68. The van der Waals surface area contributed by atoms with Crippen molar-refractivity contribution in [1.82, 2.24) is 15.5 Å². The van der Waals surface area contributed by atoms with E-state index in [2.05, 4.69) is 15.5 Å². The molecule has 3 aromatic rings. The van der Waals surface area contributed by atoms with Gasteiger partial charge in [0.05, 0.1) is 5.92 Å². The fraction of sp³-hybridized carbons (Fsp3) is 0.263. The van der Waals surface area contributed by atoms with Gasteiger partial charge in [-0.3, -0.25) is 0 Å². The van der Waals surface area contributed by atoms with Gasteiger partial charge in [0, 0.05) is 12.1 Å². The molecule has 6 heteroatoms. The third-order valence-corrected chi connectivity index (χ3v) is 4.21. The summed E-state index contributed by atoms with van der Waals surface area (Å²) in [6.07, 6.45) is 1.05. The second-order valence-corrected chi connectivity index (χ2v) is 5.94.